The number of rotatable bonds is 1. The lowest BCUT2D eigenvalue weighted by Gasteiger charge is -1.82. The number of carbonyl (C=O) groups is 1. The van der Waals surface area contributed by atoms with Gasteiger partial charge in [-0.25, -0.2) is 9.36 Å². The van der Waals surface area contributed by atoms with Crippen molar-refractivity contribution >= 4 is 13.9 Å². The van der Waals surface area contributed by atoms with Crippen LogP contribution in [0.4, 0.5) is 4.79 Å². The molecule has 0 aliphatic rings. The number of hydrogen-bond donors (Lipinski definition) is 5. The van der Waals surface area contributed by atoms with Gasteiger partial charge in [-0.1, -0.05) is 0 Å². The number of phosphoric acid groups is 1. The van der Waals surface area contributed by atoms with Gasteiger partial charge in [0.1, 0.15) is 0 Å². The van der Waals surface area contributed by atoms with Gasteiger partial charge in [0, 0.05) is 0 Å². The molecule has 0 aliphatic carbocycles. The molecule has 9 nitrogen and oxygen atoms in total. The smallest absolute Gasteiger partial charge is 0.350 e. The molecule has 0 radical (unpaired) electrons. The number of nitrogens with one attached hydrogen (secondary N) is 1. The van der Waals surface area contributed by atoms with E-state index in [1.165, 1.54) is 5.43 Å². The van der Waals surface area contributed by atoms with Gasteiger partial charge in [-0.3, -0.25) is 0 Å². The summed E-state index contributed by atoms with van der Waals surface area (Å²) in [5.41, 5.74) is 5.78. The van der Waals surface area contributed by atoms with Crippen LogP contribution in [0.5, 0.6) is 0 Å². The van der Waals surface area contributed by atoms with Crippen molar-refractivity contribution in [2.24, 2.45) is 11.0 Å². The third-order valence-corrected chi connectivity index (χ3v) is 0.156. The van der Waals surface area contributed by atoms with Crippen molar-refractivity contribution in [3.8, 4) is 0 Å². The number of nitroso groups, excluding NO2 is 1. The Hall–Kier alpha value is -1.02. The second-order valence-electron chi connectivity index (χ2n) is 1.08. The maximum atomic E-state index is 9.42. The second-order valence-corrected chi connectivity index (χ2v) is 2.11. The third-order valence-electron chi connectivity index (χ3n) is 0.156. The van der Waals surface area contributed by atoms with E-state index in [0.717, 1.165) is 0 Å². The third kappa shape index (κ3) is 112. The normalized spacial score (nSPS) is 9.00. The first-order valence-electron chi connectivity index (χ1n) is 1.93. The first kappa shape index (κ1) is 12.6. The van der Waals surface area contributed by atoms with Gasteiger partial charge in [0.25, 0.3) is 0 Å². The summed E-state index contributed by atoms with van der Waals surface area (Å²) in [5.74, 6) is 0. The highest BCUT2D eigenvalue weighted by Gasteiger charge is 2.00. The fourth-order valence-electron chi connectivity index (χ4n) is 0.0450. The van der Waals surface area contributed by atoms with Gasteiger partial charge in [-0.15, -0.1) is 4.91 Å². The lowest BCUT2D eigenvalue weighted by atomic mass is 11.2. The number of hydrogen-bond acceptors (Lipinski definition) is 4. The average molecular weight is 187 g/mol. The number of nitrogens with zero attached hydrogens (tertiary/aromatic N) is 1. The molecule has 0 bridgehead atoms. The Morgan fingerprint density at radius 1 is 1.45 bits per heavy atom. The molecule has 2 amide bonds. The van der Waals surface area contributed by atoms with Gasteiger partial charge in [0.05, 0.1) is 5.29 Å². The number of carbonyl (C=O) groups excluding carboxylic acids is 1. The second kappa shape index (κ2) is 5.74. The predicted molar refractivity (Wildman–Crippen MR) is 32.8 cm³/mol. The Morgan fingerprint density at radius 3 is 1.73 bits per heavy atom. The number of amides is 2. The fourth-order valence-corrected chi connectivity index (χ4v) is 0.0450. The number of urea groups is 1. The molecular formula is CH6N3O6P. The molecule has 0 rings (SSSR count). The van der Waals surface area contributed by atoms with Crippen LogP contribution in [0.2, 0.25) is 0 Å². The van der Waals surface area contributed by atoms with Crippen LogP contribution in [0.15, 0.2) is 5.29 Å². The Kier molecular flexibility index (Phi) is 6.60. The van der Waals surface area contributed by atoms with E-state index < -0.39 is 13.9 Å². The molecule has 66 valence electrons. The van der Waals surface area contributed by atoms with E-state index >= 15 is 0 Å². The predicted octanol–water partition coefficient (Wildman–Crippen LogP) is -1.59. The monoisotopic (exact) mass is 187 g/mol. The zero-order valence-electron chi connectivity index (χ0n) is 5.04. The maximum Gasteiger partial charge on any atom is 0.466 e. The minimum absolute atomic E-state index is 0.940. The summed E-state index contributed by atoms with van der Waals surface area (Å²) in [5, 5.41) is 1.96. The summed E-state index contributed by atoms with van der Waals surface area (Å²) in [6, 6.07) is -0.940. The Bertz CT molecular complexity index is 164. The lowest BCUT2D eigenvalue weighted by molar-refractivity contribution is 0.249. The summed E-state index contributed by atoms with van der Waals surface area (Å²) in [6.45, 7) is 0. The summed E-state index contributed by atoms with van der Waals surface area (Å²) < 4.78 is 8.88. The minimum atomic E-state index is -4.64. The van der Waals surface area contributed by atoms with E-state index in [-0.39, 0.29) is 0 Å². The van der Waals surface area contributed by atoms with Crippen LogP contribution >= 0.6 is 7.82 Å². The molecule has 0 unspecified atom stereocenters. The van der Waals surface area contributed by atoms with Crippen molar-refractivity contribution in [3.63, 3.8) is 0 Å². The van der Waals surface area contributed by atoms with Gasteiger partial charge in [-0.2, -0.15) is 5.43 Å². The minimum Gasteiger partial charge on any atom is -0.350 e. The molecule has 0 atom stereocenters. The van der Waals surface area contributed by atoms with Gasteiger partial charge in [0.15, 0.2) is 0 Å². The zero-order chi connectivity index (χ0) is 9.49. The summed E-state index contributed by atoms with van der Waals surface area (Å²) in [4.78, 5) is 39.9. The zero-order valence-corrected chi connectivity index (χ0v) is 5.93. The highest BCUT2D eigenvalue weighted by molar-refractivity contribution is 7.45. The molecule has 0 aromatic heterocycles. The fraction of sp³-hybridized carbons (Fsp3) is 0. The summed E-state index contributed by atoms with van der Waals surface area (Å²) in [7, 11) is -4.64. The lowest BCUT2D eigenvalue weighted by Crippen LogP contribution is -2.23. The molecule has 0 heterocycles. The van der Waals surface area contributed by atoms with Gasteiger partial charge >= 0.3 is 13.9 Å². The molecule has 0 spiro atoms. The van der Waals surface area contributed by atoms with E-state index in [0.29, 0.717) is 0 Å². The molecule has 0 aromatic rings. The largest absolute Gasteiger partial charge is 0.466 e. The van der Waals surface area contributed by atoms with Crippen molar-refractivity contribution in [1.29, 1.82) is 0 Å². The summed E-state index contributed by atoms with van der Waals surface area (Å²) in [6.07, 6.45) is 0. The first-order chi connectivity index (χ1) is 4.77. The Labute approximate surface area is 60.4 Å². The van der Waals surface area contributed by atoms with Crippen molar-refractivity contribution < 1.29 is 24.0 Å². The number of nitrogens with two attached hydrogens (primary N) is 1. The molecule has 10 heteroatoms. The van der Waals surface area contributed by atoms with Crippen LogP contribution in [0.3, 0.4) is 0 Å². The molecule has 6 N–H and O–H groups in total. The van der Waals surface area contributed by atoms with Crippen molar-refractivity contribution in [3.05, 3.63) is 4.91 Å². The highest BCUT2D eigenvalue weighted by Crippen LogP contribution is 2.25. The van der Waals surface area contributed by atoms with Crippen LogP contribution in [0, 0.1) is 4.91 Å². The van der Waals surface area contributed by atoms with Crippen LogP contribution in [0.1, 0.15) is 0 Å². The quantitative estimate of drug-likeness (QED) is 0.188. The number of primary amides is 1. The molecule has 0 fully saturated rings. The van der Waals surface area contributed by atoms with E-state index in [4.69, 9.17) is 24.2 Å². The topological polar surface area (TPSA) is 162 Å². The molecule has 0 aromatic carbocycles. The highest BCUT2D eigenvalue weighted by atomic mass is 31.2. The van der Waals surface area contributed by atoms with Crippen molar-refractivity contribution in [1.82, 2.24) is 5.43 Å². The van der Waals surface area contributed by atoms with Crippen LogP contribution < -0.4 is 11.2 Å². The van der Waals surface area contributed by atoms with Crippen LogP contribution in [-0.2, 0) is 4.57 Å². The molecule has 11 heavy (non-hydrogen) atoms. The van der Waals surface area contributed by atoms with E-state index in [1.807, 2.05) is 5.29 Å². The maximum absolute atomic E-state index is 9.42. The van der Waals surface area contributed by atoms with Crippen molar-refractivity contribution in [2.75, 3.05) is 0 Å². The van der Waals surface area contributed by atoms with Gasteiger partial charge in [0.2, 0.25) is 0 Å². The Balaban J connectivity index is 0. The van der Waals surface area contributed by atoms with Gasteiger partial charge in [-0.05, 0) is 0 Å². The van der Waals surface area contributed by atoms with Crippen LogP contribution in [-0.4, -0.2) is 20.7 Å². The van der Waals surface area contributed by atoms with E-state index in [9.17, 15) is 4.79 Å². The standard InChI is InChI=1S/CH3N3O2.H3O4P/c2-1(5)3-4-6;1-5(2,3)4/h(H3,2,3,5,6);(H3,1,2,3,4). The van der Waals surface area contributed by atoms with Crippen LogP contribution in [0.25, 0.3) is 0 Å². The molecular weight excluding hydrogens is 181 g/mol. The first-order valence-corrected chi connectivity index (χ1v) is 3.50. The van der Waals surface area contributed by atoms with E-state index in [2.05, 4.69) is 5.73 Å². The molecule has 0 saturated heterocycles. The average Bonchev–Trinajstić information content (AvgIpc) is 1.58. The summed E-state index contributed by atoms with van der Waals surface area (Å²) >= 11 is 0. The SMILES string of the molecule is NC(=O)NN=O.O=P(O)(O)O. The molecule has 0 aliphatic heterocycles. The van der Waals surface area contributed by atoms with E-state index in [1.54, 1.807) is 0 Å². The van der Waals surface area contributed by atoms with Gasteiger partial charge < -0.3 is 20.4 Å². The molecule has 0 saturated carbocycles. The Morgan fingerprint density at radius 2 is 1.73 bits per heavy atom. The van der Waals surface area contributed by atoms with Crippen molar-refractivity contribution in [2.45, 2.75) is 0 Å².